The maximum atomic E-state index is 13.3. The number of halogens is 1. The molecule has 0 bridgehead atoms. The van der Waals surface area contributed by atoms with Crippen LogP contribution in [-0.4, -0.2) is 82.3 Å². The number of likely N-dealkylation sites (tertiary alicyclic amines) is 1. The van der Waals surface area contributed by atoms with Gasteiger partial charge >= 0.3 is 5.91 Å². The van der Waals surface area contributed by atoms with Crippen molar-refractivity contribution in [3.05, 3.63) is 64.6 Å². The molecule has 3 aliphatic heterocycles. The lowest BCUT2D eigenvalue weighted by Crippen LogP contribution is -2.53. The fraction of sp³-hybridized carbons (Fsp3) is 0.346. The number of amides is 2. The van der Waals surface area contributed by atoms with Crippen LogP contribution in [-0.2, 0) is 0 Å². The predicted octanol–water partition coefficient (Wildman–Crippen LogP) is 1.64. The minimum absolute atomic E-state index is 0.00795. The number of benzene rings is 1. The van der Waals surface area contributed by atoms with Crippen LogP contribution < -0.4 is 27.4 Å². The minimum atomic E-state index is -0.682. The van der Waals surface area contributed by atoms with Gasteiger partial charge in [-0.05, 0) is 67.9 Å². The molecule has 0 atom stereocenters. The first-order valence-electron chi connectivity index (χ1n) is 12.8. The molecule has 3 aliphatic rings. The van der Waals surface area contributed by atoms with E-state index in [1.807, 2.05) is 48.5 Å². The lowest BCUT2D eigenvalue weighted by molar-refractivity contribution is 0.0668. The fourth-order valence-corrected chi connectivity index (χ4v) is 5.87. The molecular formula is C26H31ClN10O2S. The van der Waals surface area contributed by atoms with Gasteiger partial charge in [0, 0.05) is 43.2 Å². The third-order valence-corrected chi connectivity index (χ3v) is 8.13. The molecule has 5 rings (SSSR count). The number of aliphatic imine (C=N–C) groups is 1. The summed E-state index contributed by atoms with van der Waals surface area (Å²) in [4.78, 5) is 40.7. The Bertz CT molecular complexity index is 1400. The number of rotatable bonds is 6. The van der Waals surface area contributed by atoms with E-state index in [1.165, 1.54) is 5.57 Å². The Morgan fingerprint density at radius 2 is 2.02 bits per heavy atom. The van der Waals surface area contributed by atoms with E-state index in [4.69, 9.17) is 23.1 Å². The normalized spacial score (nSPS) is 18.8. The Kier molecular flexibility index (Phi) is 8.14. The Morgan fingerprint density at radius 1 is 1.23 bits per heavy atom. The number of nitrogens with zero attached hydrogens (tertiary/aromatic N) is 5. The molecule has 14 heteroatoms. The first-order valence-corrected chi connectivity index (χ1v) is 14.0. The summed E-state index contributed by atoms with van der Waals surface area (Å²) in [5.41, 5.74) is 12.8. The van der Waals surface area contributed by atoms with Crippen LogP contribution in [0.1, 0.15) is 33.7 Å². The zero-order valence-electron chi connectivity index (χ0n) is 22.0. The second kappa shape index (κ2) is 11.7. The molecule has 0 unspecified atom stereocenters. The van der Waals surface area contributed by atoms with Crippen molar-refractivity contribution in [2.75, 3.05) is 51.2 Å². The lowest BCUT2D eigenvalue weighted by atomic mass is 9.88. The summed E-state index contributed by atoms with van der Waals surface area (Å²) in [5, 5.41) is 9.58. The van der Waals surface area contributed by atoms with Crippen molar-refractivity contribution >= 4 is 53.0 Å². The third kappa shape index (κ3) is 6.32. The van der Waals surface area contributed by atoms with E-state index in [9.17, 15) is 9.59 Å². The number of nitrogens with two attached hydrogens (primary N) is 2. The molecule has 0 aliphatic carbocycles. The summed E-state index contributed by atoms with van der Waals surface area (Å²) in [6.45, 7) is 3.39. The van der Waals surface area contributed by atoms with Crippen LogP contribution in [0.2, 0.25) is 5.15 Å². The SMILES string of the molecule is CN(CC1=CC=CNC1)Sc1cccc(C(=O)N2CCC3(CC2)CN/C(=N\C(=O)c2nc(Cl)c(N)nc2N)N3)c1. The molecule has 40 heavy (non-hydrogen) atoms. The largest absolute Gasteiger partial charge is 0.387 e. The molecule has 2 fully saturated rings. The first kappa shape index (κ1) is 27.7. The van der Waals surface area contributed by atoms with Gasteiger partial charge in [0.05, 0.1) is 5.54 Å². The van der Waals surface area contributed by atoms with Crippen LogP contribution in [0.25, 0.3) is 0 Å². The second-order valence-electron chi connectivity index (χ2n) is 9.92. The summed E-state index contributed by atoms with van der Waals surface area (Å²) in [6.07, 6.45) is 7.46. The number of anilines is 2. The molecule has 1 spiro atoms. The summed E-state index contributed by atoms with van der Waals surface area (Å²) < 4.78 is 2.16. The molecule has 1 aromatic carbocycles. The predicted molar refractivity (Wildman–Crippen MR) is 157 cm³/mol. The molecule has 7 N–H and O–H groups in total. The topological polar surface area (TPSA) is 167 Å². The number of guanidine groups is 1. The van der Waals surface area contributed by atoms with Gasteiger partial charge in [0.2, 0.25) is 0 Å². The highest BCUT2D eigenvalue weighted by Gasteiger charge is 2.41. The molecule has 2 amide bonds. The number of carbonyl (C=O) groups excluding carboxylic acids is 2. The van der Waals surface area contributed by atoms with Gasteiger partial charge in [0.25, 0.3) is 5.91 Å². The van der Waals surface area contributed by atoms with Crippen molar-refractivity contribution in [2.45, 2.75) is 23.3 Å². The van der Waals surface area contributed by atoms with Gasteiger partial charge in [-0.1, -0.05) is 23.7 Å². The Balaban J connectivity index is 1.16. The highest BCUT2D eigenvalue weighted by molar-refractivity contribution is 7.97. The highest BCUT2D eigenvalue weighted by Crippen LogP contribution is 2.28. The maximum absolute atomic E-state index is 13.3. The third-order valence-electron chi connectivity index (χ3n) is 6.95. The number of aromatic nitrogens is 2. The van der Waals surface area contributed by atoms with Crippen molar-refractivity contribution in [3.63, 3.8) is 0 Å². The molecule has 0 radical (unpaired) electrons. The van der Waals surface area contributed by atoms with E-state index < -0.39 is 5.91 Å². The Morgan fingerprint density at radius 3 is 2.77 bits per heavy atom. The average molecular weight is 583 g/mol. The smallest absolute Gasteiger partial charge is 0.302 e. The number of hydrogen-bond acceptors (Lipinski definition) is 9. The molecular weight excluding hydrogens is 552 g/mol. The molecule has 210 valence electrons. The van der Waals surface area contributed by atoms with Gasteiger partial charge in [0.15, 0.2) is 28.4 Å². The van der Waals surface area contributed by atoms with E-state index in [0.29, 0.717) is 44.0 Å². The van der Waals surface area contributed by atoms with Crippen LogP contribution in [0, 0.1) is 0 Å². The average Bonchev–Trinajstić information content (AvgIpc) is 3.32. The number of piperidine rings is 1. The minimum Gasteiger partial charge on any atom is -0.387 e. The summed E-state index contributed by atoms with van der Waals surface area (Å²) in [6, 6.07) is 7.75. The van der Waals surface area contributed by atoms with Crippen LogP contribution in [0.15, 0.2) is 58.1 Å². The first-order chi connectivity index (χ1) is 19.2. The second-order valence-corrected chi connectivity index (χ2v) is 11.6. The molecule has 4 heterocycles. The standard InChI is InChI=1S/C26H31ClN10O2S/c1-36(14-16-4-3-9-30-13-16)40-18-6-2-5-17(12-18)24(39)37-10-7-26(8-11-37)15-31-25(35-26)34-23(38)19-21(28)33-22(29)20(27)32-19/h2-6,9,12,30H,7-8,10-11,13-15H2,1H3,(H4,28,29,33)(H2,31,34,35,38). The van der Waals surface area contributed by atoms with Gasteiger partial charge in [-0.15, -0.1) is 0 Å². The van der Waals surface area contributed by atoms with Gasteiger partial charge in [0.1, 0.15) is 0 Å². The number of hydrogen-bond donors (Lipinski definition) is 5. The Labute approximate surface area is 241 Å². The van der Waals surface area contributed by atoms with E-state index in [2.05, 4.69) is 41.3 Å². The number of carbonyl (C=O) groups is 2. The number of nitrogens with one attached hydrogen (secondary N) is 3. The van der Waals surface area contributed by atoms with Crippen molar-refractivity contribution in [1.82, 2.24) is 35.1 Å². The Hall–Kier alpha value is -3.81. The fourth-order valence-electron chi connectivity index (χ4n) is 4.83. The van der Waals surface area contributed by atoms with Gasteiger partial charge in [-0.25, -0.2) is 14.3 Å². The zero-order chi connectivity index (χ0) is 28.3. The van der Waals surface area contributed by atoms with Crippen LogP contribution >= 0.6 is 23.5 Å². The molecule has 2 saturated heterocycles. The van der Waals surface area contributed by atoms with E-state index >= 15 is 0 Å². The molecule has 0 saturated carbocycles. The van der Waals surface area contributed by atoms with Crippen LogP contribution in [0.3, 0.4) is 0 Å². The van der Waals surface area contributed by atoms with E-state index in [0.717, 1.165) is 18.0 Å². The van der Waals surface area contributed by atoms with Crippen molar-refractivity contribution in [3.8, 4) is 0 Å². The van der Waals surface area contributed by atoms with Crippen LogP contribution in [0.4, 0.5) is 11.6 Å². The quantitative estimate of drug-likeness (QED) is 0.314. The summed E-state index contributed by atoms with van der Waals surface area (Å²) in [5.74, 6) is -0.543. The van der Waals surface area contributed by atoms with Gasteiger partial charge in [-0.2, -0.15) is 4.99 Å². The number of nitrogen functional groups attached to an aromatic ring is 2. The molecule has 2 aromatic rings. The van der Waals surface area contributed by atoms with Crippen molar-refractivity contribution in [1.29, 1.82) is 0 Å². The van der Waals surface area contributed by atoms with Gasteiger partial charge in [-0.3, -0.25) is 9.59 Å². The number of dihydropyridines is 1. The monoisotopic (exact) mass is 582 g/mol. The van der Waals surface area contributed by atoms with E-state index in [1.54, 1.807) is 11.9 Å². The zero-order valence-corrected chi connectivity index (χ0v) is 23.6. The molecule has 1 aromatic heterocycles. The summed E-state index contributed by atoms with van der Waals surface area (Å²) in [7, 11) is 2.05. The number of allylic oxidation sites excluding steroid dienone is 2. The highest BCUT2D eigenvalue weighted by atomic mass is 35.5. The maximum Gasteiger partial charge on any atom is 0.302 e. The summed E-state index contributed by atoms with van der Waals surface area (Å²) >= 11 is 7.50. The van der Waals surface area contributed by atoms with Crippen LogP contribution in [0.5, 0.6) is 0 Å². The van der Waals surface area contributed by atoms with Gasteiger partial charge < -0.3 is 32.3 Å². The van der Waals surface area contributed by atoms with Crippen molar-refractivity contribution < 1.29 is 9.59 Å². The van der Waals surface area contributed by atoms with Crippen molar-refractivity contribution in [2.24, 2.45) is 4.99 Å². The van der Waals surface area contributed by atoms with E-state index in [-0.39, 0.29) is 33.9 Å². The number of likely N-dealkylation sites (N-methyl/N-ethyl adjacent to an activating group) is 1. The molecule has 12 nitrogen and oxygen atoms in total. The lowest BCUT2D eigenvalue weighted by Gasteiger charge is -2.38.